The predicted octanol–water partition coefficient (Wildman–Crippen LogP) is 3.52. The maximum absolute atomic E-state index is 13.4. The molecule has 104 valence electrons. The molecular weight excluding hydrogens is 273 g/mol. The van der Waals surface area contributed by atoms with Gasteiger partial charge in [-0.25, -0.2) is 4.39 Å². The van der Waals surface area contributed by atoms with Gasteiger partial charge in [0.25, 0.3) is 5.91 Å². The molecule has 0 saturated heterocycles. The Hall–Kier alpha value is -1.81. The molecule has 0 bridgehead atoms. The van der Waals surface area contributed by atoms with Crippen LogP contribution in [0.25, 0.3) is 0 Å². The third kappa shape index (κ3) is 3.84. The van der Waals surface area contributed by atoms with Crippen molar-refractivity contribution in [2.24, 2.45) is 0 Å². The van der Waals surface area contributed by atoms with Gasteiger partial charge in [-0.3, -0.25) is 4.79 Å². The van der Waals surface area contributed by atoms with E-state index >= 15 is 0 Å². The van der Waals surface area contributed by atoms with Gasteiger partial charge in [0.05, 0.1) is 0 Å². The van der Waals surface area contributed by atoms with Gasteiger partial charge < -0.3 is 5.32 Å². The number of nitrogens with one attached hydrogen (secondary N) is 1. The van der Waals surface area contributed by atoms with Crippen molar-refractivity contribution in [1.29, 1.82) is 0 Å². The molecule has 0 saturated carbocycles. The van der Waals surface area contributed by atoms with Crippen LogP contribution in [0.3, 0.4) is 0 Å². The second kappa shape index (κ2) is 7.10. The molecule has 0 fully saturated rings. The van der Waals surface area contributed by atoms with Crippen molar-refractivity contribution in [1.82, 2.24) is 5.32 Å². The van der Waals surface area contributed by atoms with Gasteiger partial charge in [0.2, 0.25) is 0 Å². The van der Waals surface area contributed by atoms with Crippen LogP contribution in [0.15, 0.2) is 53.4 Å². The van der Waals surface area contributed by atoms with Gasteiger partial charge in [0.15, 0.2) is 0 Å². The summed E-state index contributed by atoms with van der Waals surface area (Å²) in [5, 5.41) is 2.80. The third-order valence-corrected chi connectivity index (χ3v) is 3.73. The zero-order chi connectivity index (χ0) is 14.4. The van der Waals surface area contributed by atoms with Crippen molar-refractivity contribution in [3.8, 4) is 0 Å². The highest BCUT2D eigenvalue weighted by atomic mass is 32.2. The highest BCUT2D eigenvalue weighted by Gasteiger charge is 2.06. The monoisotopic (exact) mass is 289 g/mol. The molecule has 0 aliphatic carbocycles. The van der Waals surface area contributed by atoms with Crippen molar-refractivity contribution in [3.05, 3.63) is 65.5 Å². The molecule has 0 atom stereocenters. The van der Waals surface area contributed by atoms with E-state index in [1.807, 2.05) is 18.4 Å². The lowest BCUT2D eigenvalue weighted by atomic mass is 10.1. The normalized spacial score (nSPS) is 10.3. The summed E-state index contributed by atoms with van der Waals surface area (Å²) in [6.07, 6.45) is 2.48. The second-order valence-corrected chi connectivity index (χ2v) is 5.21. The number of benzene rings is 2. The van der Waals surface area contributed by atoms with Crippen LogP contribution in [0.1, 0.15) is 15.9 Å². The minimum Gasteiger partial charge on any atom is -0.352 e. The number of rotatable bonds is 5. The van der Waals surface area contributed by atoms with E-state index in [2.05, 4.69) is 5.32 Å². The van der Waals surface area contributed by atoms with Gasteiger partial charge >= 0.3 is 0 Å². The fraction of sp³-hybridized carbons (Fsp3) is 0.188. The average molecular weight is 289 g/mol. The fourth-order valence-corrected chi connectivity index (χ4v) is 2.26. The molecule has 0 heterocycles. The Labute approximate surface area is 122 Å². The number of thioether (sulfide) groups is 1. The molecule has 0 spiro atoms. The van der Waals surface area contributed by atoms with Crippen molar-refractivity contribution in [3.63, 3.8) is 0 Å². The van der Waals surface area contributed by atoms with Gasteiger partial charge in [-0.15, -0.1) is 11.8 Å². The Morgan fingerprint density at radius 1 is 1.15 bits per heavy atom. The molecule has 0 aromatic heterocycles. The zero-order valence-electron chi connectivity index (χ0n) is 11.2. The minimum absolute atomic E-state index is 0.131. The van der Waals surface area contributed by atoms with Gasteiger partial charge in [-0.2, -0.15) is 0 Å². The minimum atomic E-state index is -0.230. The van der Waals surface area contributed by atoms with Crippen LogP contribution in [0.4, 0.5) is 4.39 Å². The first-order valence-corrected chi connectivity index (χ1v) is 7.59. The van der Waals surface area contributed by atoms with Gasteiger partial charge in [0.1, 0.15) is 5.82 Å². The summed E-state index contributed by atoms with van der Waals surface area (Å²) < 4.78 is 13.4. The largest absolute Gasteiger partial charge is 0.352 e. The number of halogens is 1. The van der Waals surface area contributed by atoms with Crippen LogP contribution in [0.5, 0.6) is 0 Å². The van der Waals surface area contributed by atoms with Gasteiger partial charge in [0, 0.05) is 17.0 Å². The molecule has 4 heteroatoms. The van der Waals surface area contributed by atoms with Crippen LogP contribution in [0, 0.1) is 5.82 Å². The Morgan fingerprint density at radius 2 is 1.85 bits per heavy atom. The van der Waals surface area contributed by atoms with Crippen molar-refractivity contribution in [2.75, 3.05) is 12.8 Å². The standard InChI is InChI=1S/C16H16FNOS/c1-20-14-8-6-13(7-9-14)16(19)18-11-10-12-4-2-3-5-15(12)17/h2-9H,10-11H2,1H3,(H,18,19). The first-order valence-electron chi connectivity index (χ1n) is 6.36. The van der Waals surface area contributed by atoms with Crippen LogP contribution < -0.4 is 5.32 Å². The first-order chi connectivity index (χ1) is 9.70. The van der Waals surface area contributed by atoms with E-state index in [0.29, 0.717) is 24.1 Å². The number of hydrogen-bond acceptors (Lipinski definition) is 2. The molecule has 0 unspecified atom stereocenters. The smallest absolute Gasteiger partial charge is 0.251 e. The number of carbonyl (C=O) groups excluding carboxylic acids is 1. The highest BCUT2D eigenvalue weighted by molar-refractivity contribution is 7.98. The van der Waals surface area contributed by atoms with Gasteiger partial charge in [-0.05, 0) is 48.6 Å². The molecule has 2 aromatic rings. The molecule has 0 radical (unpaired) electrons. The number of carbonyl (C=O) groups is 1. The maximum atomic E-state index is 13.4. The summed E-state index contributed by atoms with van der Waals surface area (Å²) in [4.78, 5) is 13.0. The fourth-order valence-electron chi connectivity index (χ4n) is 1.86. The molecule has 2 nitrogen and oxygen atoms in total. The summed E-state index contributed by atoms with van der Waals surface area (Å²) in [6, 6.07) is 14.0. The van der Waals surface area contributed by atoms with E-state index in [1.165, 1.54) is 6.07 Å². The van der Waals surface area contributed by atoms with E-state index < -0.39 is 0 Å². The predicted molar refractivity (Wildman–Crippen MR) is 80.7 cm³/mol. The zero-order valence-corrected chi connectivity index (χ0v) is 12.0. The summed E-state index contributed by atoms with van der Waals surface area (Å²) in [5.74, 6) is -0.361. The Bertz CT molecular complexity index is 583. The van der Waals surface area contributed by atoms with Crippen LogP contribution in [0.2, 0.25) is 0 Å². The molecule has 0 aliphatic rings. The highest BCUT2D eigenvalue weighted by Crippen LogP contribution is 2.14. The van der Waals surface area contributed by atoms with Crippen molar-refractivity contribution in [2.45, 2.75) is 11.3 Å². The van der Waals surface area contributed by atoms with E-state index in [1.54, 1.807) is 42.1 Å². The lowest BCUT2D eigenvalue weighted by molar-refractivity contribution is 0.0954. The number of amides is 1. The van der Waals surface area contributed by atoms with Crippen LogP contribution in [-0.4, -0.2) is 18.7 Å². The Balaban J connectivity index is 1.87. The first kappa shape index (κ1) is 14.6. The lowest BCUT2D eigenvalue weighted by Crippen LogP contribution is -2.25. The molecular formula is C16H16FNOS. The number of hydrogen-bond donors (Lipinski definition) is 1. The lowest BCUT2D eigenvalue weighted by Gasteiger charge is -2.06. The summed E-state index contributed by atoms with van der Waals surface area (Å²) in [7, 11) is 0. The summed E-state index contributed by atoms with van der Waals surface area (Å²) in [6.45, 7) is 0.421. The van der Waals surface area contributed by atoms with E-state index in [4.69, 9.17) is 0 Å². The van der Waals surface area contributed by atoms with Crippen LogP contribution >= 0.6 is 11.8 Å². The van der Waals surface area contributed by atoms with E-state index in [9.17, 15) is 9.18 Å². The Morgan fingerprint density at radius 3 is 2.50 bits per heavy atom. The van der Waals surface area contributed by atoms with Crippen molar-refractivity contribution >= 4 is 17.7 Å². The third-order valence-electron chi connectivity index (χ3n) is 2.99. The molecule has 2 rings (SSSR count). The van der Waals surface area contributed by atoms with E-state index in [-0.39, 0.29) is 11.7 Å². The molecule has 2 aromatic carbocycles. The van der Waals surface area contributed by atoms with Gasteiger partial charge in [-0.1, -0.05) is 18.2 Å². The summed E-state index contributed by atoms with van der Waals surface area (Å²) >= 11 is 1.63. The SMILES string of the molecule is CSc1ccc(C(=O)NCCc2ccccc2F)cc1. The average Bonchev–Trinajstić information content (AvgIpc) is 2.49. The Kier molecular flexibility index (Phi) is 5.18. The maximum Gasteiger partial charge on any atom is 0.251 e. The topological polar surface area (TPSA) is 29.1 Å². The summed E-state index contributed by atoms with van der Waals surface area (Å²) in [5.41, 5.74) is 1.24. The molecule has 20 heavy (non-hydrogen) atoms. The van der Waals surface area contributed by atoms with Crippen LogP contribution in [-0.2, 0) is 6.42 Å². The van der Waals surface area contributed by atoms with Crippen molar-refractivity contribution < 1.29 is 9.18 Å². The molecule has 1 amide bonds. The van der Waals surface area contributed by atoms with E-state index in [0.717, 1.165) is 4.90 Å². The second-order valence-electron chi connectivity index (χ2n) is 4.33. The molecule has 0 aliphatic heterocycles. The molecule has 1 N–H and O–H groups in total. The quantitative estimate of drug-likeness (QED) is 0.853.